The number of hydrogen-bond donors (Lipinski definition) is 2. The Bertz CT molecular complexity index is 1390. The average Bonchev–Trinajstić information content (AvgIpc) is 3.05. The Balaban J connectivity index is 1.73. The lowest BCUT2D eigenvalue weighted by atomic mass is 10.1. The number of aromatic nitrogens is 1. The van der Waals surface area contributed by atoms with Gasteiger partial charge >= 0.3 is 0 Å². The summed E-state index contributed by atoms with van der Waals surface area (Å²) in [6.45, 7) is 2.92. The summed E-state index contributed by atoms with van der Waals surface area (Å²) in [4.78, 5) is 12.5. The van der Waals surface area contributed by atoms with Crippen molar-refractivity contribution in [2.45, 2.75) is 18.4 Å². The number of anilines is 1. The van der Waals surface area contributed by atoms with Crippen LogP contribution >= 0.6 is 0 Å². The average molecular weight is 423 g/mol. The molecule has 3 N–H and O–H groups in total. The standard InChI is InChI=1S/C22H21N3O4S/c1-3-25-18-7-5-4-6-16(18)17-13-15(9-10-19(17)25)24-22(26)14-8-11-20(29-2)21(12-14)30(23,27)28/h4-13H,3H2,1-2H3,(H,24,26)(H2,23,27,28). The number of carbonyl (C=O) groups excluding carboxylic acids is 1. The second-order valence-corrected chi connectivity index (χ2v) is 8.39. The zero-order valence-electron chi connectivity index (χ0n) is 16.5. The largest absolute Gasteiger partial charge is 0.495 e. The van der Waals surface area contributed by atoms with Crippen LogP contribution in [0.15, 0.2) is 65.6 Å². The summed E-state index contributed by atoms with van der Waals surface area (Å²) in [6.07, 6.45) is 0. The van der Waals surface area contributed by atoms with Crippen molar-refractivity contribution in [2.24, 2.45) is 5.14 Å². The molecule has 4 rings (SSSR count). The van der Waals surface area contributed by atoms with E-state index >= 15 is 0 Å². The van der Waals surface area contributed by atoms with Gasteiger partial charge in [-0.25, -0.2) is 13.6 Å². The Labute approximate surface area is 174 Å². The zero-order chi connectivity index (χ0) is 21.5. The van der Waals surface area contributed by atoms with Crippen LogP contribution in [0.1, 0.15) is 17.3 Å². The molecule has 3 aromatic carbocycles. The number of rotatable bonds is 5. The molecule has 7 nitrogen and oxygen atoms in total. The normalized spacial score (nSPS) is 11.7. The van der Waals surface area contributed by atoms with Crippen molar-refractivity contribution in [3.63, 3.8) is 0 Å². The number of hydrogen-bond acceptors (Lipinski definition) is 4. The number of ether oxygens (including phenoxy) is 1. The van der Waals surface area contributed by atoms with Crippen LogP contribution in [-0.2, 0) is 16.6 Å². The third-order valence-corrected chi connectivity index (χ3v) is 6.01. The van der Waals surface area contributed by atoms with Crippen LogP contribution in [0.25, 0.3) is 21.8 Å². The summed E-state index contributed by atoms with van der Waals surface area (Å²) in [6, 6.07) is 17.9. The van der Waals surface area contributed by atoms with Crippen molar-refractivity contribution in [1.82, 2.24) is 4.57 Å². The Hall–Kier alpha value is -3.36. The number of nitrogens with zero attached hydrogens (tertiary/aromatic N) is 1. The van der Waals surface area contributed by atoms with Crippen molar-refractivity contribution < 1.29 is 17.9 Å². The maximum atomic E-state index is 12.8. The molecule has 0 fully saturated rings. The van der Waals surface area contributed by atoms with Gasteiger partial charge in [0.2, 0.25) is 10.0 Å². The predicted octanol–water partition coefficient (Wildman–Crippen LogP) is 3.72. The van der Waals surface area contributed by atoms with Crippen molar-refractivity contribution >= 4 is 43.4 Å². The molecule has 154 valence electrons. The van der Waals surface area contributed by atoms with Gasteiger partial charge in [-0.05, 0) is 49.4 Å². The van der Waals surface area contributed by atoms with Gasteiger partial charge in [-0.1, -0.05) is 18.2 Å². The predicted molar refractivity (Wildman–Crippen MR) is 117 cm³/mol. The SMILES string of the molecule is CCn1c2ccccc2c2cc(NC(=O)c3ccc(OC)c(S(N)(=O)=O)c3)ccc21. The highest BCUT2D eigenvalue weighted by Crippen LogP contribution is 2.31. The van der Waals surface area contributed by atoms with Gasteiger partial charge in [-0.2, -0.15) is 0 Å². The minimum absolute atomic E-state index is 0.0860. The van der Waals surface area contributed by atoms with E-state index in [0.717, 1.165) is 28.4 Å². The number of benzene rings is 3. The molecule has 0 aliphatic heterocycles. The summed E-state index contributed by atoms with van der Waals surface area (Å²) in [5.74, 6) is -0.357. The lowest BCUT2D eigenvalue weighted by Gasteiger charge is -2.10. The molecule has 1 amide bonds. The number of aryl methyl sites for hydroxylation is 1. The fourth-order valence-corrected chi connectivity index (χ4v) is 4.44. The summed E-state index contributed by atoms with van der Waals surface area (Å²) in [5, 5.41) is 10.2. The van der Waals surface area contributed by atoms with Gasteiger partial charge in [0.05, 0.1) is 7.11 Å². The van der Waals surface area contributed by atoms with Crippen LogP contribution in [0.5, 0.6) is 5.75 Å². The van der Waals surface area contributed by atoms with Gasteiger partial charge in [-0.15, -0.1) is 0 Å². The van der Waals surface area contributed by atoms with Crippen molar-refractivity contribution in [3.05, 3.63) is 66.2 Å². The molecule has 1 heterocycles. The summed E-state index contributed by atoms with van der Waals surface area (Å²) in [7, 11) is -2.70. The van der Waals surface area contributed by atoms with Crippen molar-refractivity contribution in [1.29, 1.82) is 0 Å². The van der Waals surface area contributed by atoms with Crippen molar-refractivity contribution in [3.8, 4) is 5.75 Å². The van der Waals surface area contributed by atoms with E-state index < -0.39 is 15.9 Å². The van der Waals surface area contributed by atoms with E-state index in [2.05, 4.69) is 28.9 Å². The first-order valence-electron chi connectivity index (χ1n) is 9.36. The summed E-state index contributed by atoms with van der Waals surface area (Å²) in [5.41, 5.74) is 2.99. The number of nitrogens with one attached hydrogen (secondary N) is 1. The van der Waals surface area contributed by atoms with Gasteiger partial charge in [0.1, 0.15) is 10.6 Å². The second-order valence-electron chi connectivity index (χ2n) is 6.86. The highest BCUT2D eigenvalue weighted by Gasteiger charge is 2.18. The Morgan fingerprint density at radius 3 is 2.47 bits per heavy atom. The molecule has 0 atom stereocenters. The van der Waals surface area contributed by atoms with E-state index in [1.165, 1.54) is 25.3 Å². The van der Waals surface area contributed by atoms with Crippen molar-refractivity contribution in [2.75, 3.05) is 12.4 Å². The first-order chi connectivity index (χ1) is 14.3. The van der Waals surface area contributed by atoms with E-state index in [4.69, 9.17) is 9.88 Å². The smallest absolute Gasteiger partial charge is 0.255 e. The maximum absolute atomic E-state index is 12.8. The third-order valence-electron chi connectivity index (χ3n) is 5.08. The highest BCUT2D eigenvalue weighted by molar-refractivity contribution is 7.89. The van der Waals surface area contributed by atoms with Crippen LogP contribution in [0.3, 0.4) is 0 Å². The highest BCUT2D eigenvalue weighted by atomic mass is 32.2. The van der Waals surface area contributed by atoms with Crippen LogP contribution in [-0.4, -0.2) is 26.0 Å². The Morgan fingerprint density at radius 2 is 1.77 bits per heavy atom. The van der Waals surface area contributed by atoms with Crippen LogP contribution in [0.4, 0.5) is 5.69 Å². The molecule has 0 bridgehead atoms. The Kier molecular flexibility index (Phi) is 4.97. The molecule has 1 aromatic heterocycles. The lowest BCUT2D eigenvalue weighted by molar-refractivity contribution is 0.102. The quantitative estimate of drug-likeness (QED) is 0.510. The zero-order valence-corrected chi connectivity index (χ0v) is 17.4. The molecular formula is C22H21N3O4S. The minimum Gasteiger partial charge on any atom is -0.495 e. The van der Waals surface area contributed by atoms with Gasteiger partial charge in [0.15, 0.2) is 0 Å². The number of primary sulfonamides is 1. The molecule has 4 aromatic rings. The summed E-state index contributed by atoms with van der Waals surface area (Å²) >= 11 is 0. The van der Waals surface area contributed by atoms with Crippen LogP contribution in [0.2, 0.25) is 0 Å². The van der Waals surface area contributed by atoms with E-state index in [1.54, 1.807) is 0 Å². The number of sulfonamides is 1. The maximum Gasteiger partial charge on any atom is 0.255 e. The third kappa shape index (κ3) is 3.40. The molecule has 0 unspecified atom stereocenters. The number of para-hydroxylation sites is 1. The molecule has 0 radical (unpaired) electrons. The van der Waals surface area contributed by atoms with E-state index in [1.807, 2.05) is 30.3 Å². The monoisotopic (exact) mass is 423 g/mol. The molecule has 0 spiro atoms. The fourth-order valence-electron chi connectivity index (χ4n) is 3.72. The van der Waals surface area contributed by atoms with E-state index in [0.29, 0.717) is 5.69 Å². The van der Waals surface area contributed by atoms with Gasteiger partial charge < -0.3 is 14.6 Å². The first-order valence-corrected chi connectivity index (χ1v) is 10.9. The molecule has 8 heteroatoms. The topological polar surface area (TPSA) is 103 Å². The molecule has 30 heavy (non-hydrogen) atoms. The Morgan fingerprint density at radius 1 is 1.03 bits per heavy atom. The molecule has 0 saturated carbocycles. The van der Waals surface area contributed by atoms with Crippen LogP contribution < -0.4 is 15.2 Å². The molecule has 0 saturated heterocycles. The number of carbonyl (C=O) groups is 1. The number of nitrogens with two attached hydrogens (primary N) is 1. The number of fused-ring (bicyclic) bond motifs is 3. The molecule has 0 aliphatic rings. The van der Waals surface area contributed by atoms with E-state index in [-0.39, 0.29) is 16.2 Å². The lowest BCUT2D eigenvalue weighted by Crippen LogP contribution is -2.16. The molecular weight excluding hydrogens is 402 g/mol. The van der Waals surface area contributed by atoms with Gasteiger partial charge in [0, 0.05) is 39.6 Å². The molecule has 0 aliphatic carbocycles. The van der Waals surface area contributed by atoms with E-state index in [9.17, 15) is 13.2 Å². The summed E-state index contributed by atoms with van der Waals surface area (Å²) < 4.78 is 30.9. The fraction of sp³-hybridized carbons (Fsp3) is 0.136. The first kappa shape index (κ1) is 19.9. The van der Waals surface area contributed by atoms with Crippen LogP contribution in [0, 0.1) is 0 Å². The number of amides is 1. The minimum atomic E-state index is -4.04. The number of methoxy groups -OCH3 is 1. The van der Waals surface area contributed by atoms with Gasteiger partial charge in [0.25, 0.3) is 5.91 Å². The van der Waals surface area contributed by atoms with Gasteiger partial charge in [-0.3, -0.25) is 4.79 Å². The second kappa shape index (κ2) is 7.47.